The highest BCUT2D eigenvalue weighted by Crippen LogP contribution is 2.38. The monoisotopic (exact) mass is 401 g/mol. The third kappa shape index (κ3) is 3.24. The summed E-state index contributed by atoms with van der Waals surface area (Å²) in [6.45, 7) is 9.30. The van der Waals surface area contributed by atoms with E-state index in [0.717, 1.165) is 58.8 Å². The predicted molar refractivity (Wildman–Crippen MR) is 111 cm³/mol. The number of rotatable bonds is 3. The van der Waals surface area contributed by atoms with Crippen LogP contribution >= 0.6 is 11.3 Å². The Kier molecular flexibility index (Phi) is 4.70. The highest BCUT2D eigenvalue weighted by atomic mass is 32.2. The molecule has 7 heteroatoms. The number of thiophene rings is 1. The molecule has 0 radical (unpaired) electrons. The van der Waals surface area contributed by atoms with Crippen LogP contribution in [0.1, 0.15) is 16.7 Å². The third-order valence-electron chi connectivity index (χ3n) is 4.96. The maximum absolute atomic E-state index is 13.4. The second kappa shape index (κ2) is 6.89. The maximum atomic E-state index is 13.4. The Balaban J connectivity index is 1.85. The molecule has 5 nitrogen and oxygen atoms in total. The van der Waals surface area contributed by atoms with Gasteiger partial charge in [0.1, 0.15) is 10.0 Å². The van der Waals surface area contributed by atoms with E-state index in [9.17, 15) is 8.42 Å². The molecule has 0 amide bonds. The summed E-state index contributed by atoms with van der Waals surface area (Å²) >= 11 is 1.33. The van der Waals surface area contributed by atoms with E-state index in [4.69, 9.17) is 0 Å². The van der Waals surface area contributed by atoms with Crippen molar-refractivity contribution in [3.05, 3.63) is 47.2 Å². The molecule has 1 aromatic carbocycles. The Bertz CT molecular complexity index is 1090. The van der Waals surface area contributed by atoms with Gasteiger partial charge in [-0.3, -0.25) is 0 Å². The Morgan fingerprint density at radius 2 is 1.74 bits per heavy atom. The maximum Gasteiger partial charge on any atom is 0.216 e. The Morgan fingerprint density at radius 1 is 1.07 bits per heavy atom. The van der Waals surface area contributed by atoms with E-state index in [0.29, 0.717) is 9.10 Å². The van der Waals surface area contributed by atoms with Crippen LogP contribution in [0, 0.1) is 20.8 Å². The summed E-state index contributed by atoms with van der Waals surface area (Å²) in [5.41, 5.74) is 2.67. The van der Waals surface area contributed by atoms with E-state index in [1.807, 2.05) is 39.0 Å². The molecule has 1 fully saturated rings. The van der Waals surface area contributed by atoms with Gasteiger partial charge in [0, 0.05) is 42.5 Å². The first kappa shape index (κ1) is 18.4. The minimum absolute atomic E-state index is 0.386. The van der Waals surface area contributed by atoms with E-state index in [1.165, 1.54) is 11.3 Å². The van der Waals surface area contributed by atoms with E-state index >= 15 is 0 Å². The lowest BCUT2D eigenvalue weighted by molar-refractivity contribution is 0.586. The quantitative estimate of drug-likeness (QED) is 0.728. The molecule has 1 saturated heterocycles. The summed E-state index contributed by atoms with van der Waals surface area (Å²) in [6, 6.07) is 7.57. The fourth-order valence-electron chi connectivity index (χ4n) is 3.88. The number of nitrogens with zero attached hydrogens (tertiary/aromatic N) is 2. The standard InChI is InChI=1S/C20H23N3O2S2/c1-13-10-14(2)19(15(3)11-13)27(24,25)18-12-16-17(26-18)4-5-22-20(16)23-8-6-21-7-9-23/h4-5,10-12,21H,6-9H2,1-3H3. The van der Waals surface area contributed by atoms with Gasteiger partial charge in [0.2, 0.25) is 9.84 Å². The van der Waals surface area contributed by atoms with Crippen LogP contribution in [-0.2, 0) is 9.84 Å². The van der Waals surface area contributed by atoms with Gasteiger partial charge < -0.3 is 10.2 Å². The zero-order chi connectivity index (χ0) is 19.2. The SMILES string of the molecule is Cc1cc(C)c(S(=O)(=O)c2cc3c(N4CCNCC4)nccc3s2)c(C)c1. The summed E-state index contributed by atoms with van der Waals surface area (Å²) in [4.78, 5) is 7.21. The molecule has 0 saturated carbocycles. The van der Waals surface area contributed by atoms with Gasteiger partial charge in [-0.25, -0.2) is 13.4 Å². The summed E-state index contributed by atoms with van der Waals surface area (Å²) in [6.07, 6.45) is 1.77. The van der Waals surface area contributed by atoms with Crippen LogP contribution in [0.3, 0.4) is 0 Å². The van der Waals surface area contributed by atoms with Gasteiger partial charge in [-0.2, -0.15) is 0 Å². The number of aromatic nitrogens is 1. The molecule has 0 atom stereocenters. The summed E-state index contributed by atoms with van der Waals surface area (Å²) in [7, 11) is -3.57. The summed E-state index contributed by atoms with van der Waals surface area (Å²) < 4.78 is 28.2. The number of pyridine rings is 1. The molecule has 0 spiro atoms. The van der Waals surface area contributed by atoms with Crippen LogP contribution in [0.25, 0.3) is 10.1 Å². The highest BCUT2D eigenvalue weighted by molar-refractivity contribution is 7.93. The Labute approximate surface area is 164 Å². The predicted octanol–water partition coefficient (Wildman–Crippen LogP) is 3.46. The molecule has 1 aliphatic rings. The molecular weight excluding hydrogens is 378 g/mol. The topological polar surface area (TPSA) is 62.3 Å². The number of piperazine rings is 1. The van der Waals surface area contributed by atoms with Crippen molar-refractivity contribution < 1.29 is 8.42 Å². The molecule has 27 heavy (non-hydrogen) atoms. The van der Waals surface area contributed by atoms with Gasteiger partial charge in [0.25, 0.3) is 0 Å². The summed E-state index contributed by atoms with van der Waals surface area (Å²) in [5.74, 6) is 0.879. The van der Waals surface area contributed by atoms with Gasteiger partial charge in [0.15, 0.2) is 0 Å². The summed E-state index contributed by atoms with van der Waals surface area (Å²) in [5, 5.41) is 4.26. The van der Waals surface area contributed by atoms with Gasteiger partial charge >= 0.3 is 0 Å². The number of fused-ring (bicyclic) bond motifs is 1. The first-order chi connectivity index (χ1) is 12.9. The zero-order valence-electron chi connectivity index (χ0n) is 15.7. The van der Waals surface area contributed by atoms with Crippen LogP contribution in [0.5, 0.6) is 0 Å². The molecular formula is C20H23N3O2S2. The molecule has 3 aromatic rings. The van der Waals surface area contributed by atoms with Crippen molar-refractivity contribution in [1.29, 1.82) is 0 Å². The fourth-order valence-corrected chi connectivity index (χ4v) is 7.06. The van der Waals surface area contributed by atoms with Crippen molar-refractivity contribution in [2.45, 2.75) is 29.9 Å². The largest absolute Gasteiger partial charge is 0.354 e. The number of hydrogen-bond acceptors (Lipinski definition) is 6. The average Bonchev–Trinajstić information content (AvgIpc) is 3.06. The lowest BCUT2D eigenvalue weighted by Crippen LogP contribution is -2.43. The van der Waals surface area contributed by atoms with Crippen molar-refractivity contribution in [2.75, 3.05) is 31.1 Å². The number of sulfone groups is 1. The second-order valence-electron chi connectivity index (χ2n) is 7.08. The van der Waals surface area contributed by atoms with Crippen molar-refractivity contribution in [1.82, 2.24) is 10.3 Å². The fraction of sp³-hybridized carbons (Fsp3) is 0.350. The molecule has 4 rings (SSSR count). The zero-order valence-corrected chi connectivity index (χ0v) is 17.4. The molecule has 0 unspecified atom stereocenters. The van der Waals surface area contributed by atoms with Crippen LogP contribution in [0.4, 0.5) is 5.82 Å². The van der Waals surface area contributed by atoms with Crippen molar-refractivity contribution >= 4 is 37.1 Å². The first-order valence-corrected chi connectivity index (χ1v) is 11.3. The third-order valence-corrected chi connectivity index (χ3v) is 8.59. The van der Waals surface area contributed by atoms with E-state index < -0.39 is 9.84 Å². The molecule has 1 N–H and O–H groups in total. The van der Waals surface area contributed by atoms with Crippen molar-refractivity contribution in [3.8, 4) is 0 Å². The lowest BCUT2D eigenvalue weighted by Gasteiger charge is -2.28. The number of aryl methyl sites for hydroxylation is 3. The van der Waals surface area contributed by atoms with E-state index in [1.54, 1.807) is 12.3 Å². The minimum atomic E-state index is -3.57. The number of benzene rings is 1. The molecule has 0 aliphatic carbocycles. The smallest absolute Gasteiger partial charge is 0.216 e. The molecule has 0 bridgehead atoms. The normalized spacial score (nSPS) is 15.4. The molecule has 142 valence electrons. The van der Waals surface area contributed by atoms with E-state index in [2.05, 4.69) is 15.2 Å². The van der Waals surface area contributed by atoms with Crippen molar-refractivity contribution in [3.63, 3.8) is 0 Å². The average molecular weight is 402 g/mol. The van der Waals surface area contributed by atoms with Crippen LogP contribution < -0.4 is 10.2 Å². The number of hydrogen-bond donors (Lipinski definition) is 1. The lowest BCUT2D eigenvalue weighted by atomic mass is 10.1. The number of anilines is 1. The van der Waals surface area contributed by atoms with Crippen LogP contribution in [0.2, 0.25) is 0 Å². The van der Waals surface area contributed by atoms with Crippen LogP contribution in [0.15, 0.2) is 39.6 Å². The van der Waals surface area contributed by atoms with Crippen molar-refractivity contribution in [2.24, 2.45) is 0 Å². The second-order valence-corrected chi connectivity index (χ2v) is 10.3. The van der Waals surface area contributed by atoms with Gasteiger partial charge in [-0.15, -0.1) is 11.3 Å². The van der Waals surface area contributed by atoms with E-state index in [-0.39, 0.29) is 0 Å². The minimum Gasteiger partial charge on any atom is -0.354 e. The van der Waals surface area contributed by atoms with Crippen LogP contribution in [-0.4, -0.2) is 39.6 Å². The van der Waals surface area contributed by atoms with Gasteiger partial charge in [-0.1, -0.05) is 17.7 Å². The Hall–Kier alpha value is -1.96. The molecule has 2 aromatic heterocycles. The van der Waals surface area contributed by atoms with Gasteiger partial charge in [0.05, 0.1) is 4.90 Å². The number of nitrogens with one attached hydrogen (secondary N) is 1. The molecule has 3 heterocycles. The Morgan fingerprint density at radius 3 is 2.41 bits per heavy atom. The molecule has 1 aliphatic heterocycles. The highest BCUT2D eigenvalue weighted by Gasteiger charge is 2.26. The van der Waals surface area contributed by atoms with Gasteiger partial charge in [-0.05, 0) is 44.0 Å². The first-order valence-electron chi connectivity index (χ1n) is 9.05.